The number of hydrogen-bond donors (Lipinski definition) is 1. The van der Waals surface area contributed by atoms with Crippen LogP contribution in [0.3, 0.4) is 0 Å². The predicted molar refractivity (Wildman–Crippen MR) is 142 cm³/mol. The standard InChI is InChI=1S/C17H21NO2.3C2H6.2HI.V/c1-11(17(19)20)12(2)18-15-9-5-3-7-13(15)14-8-4-6-10-16(14)18;3*1-2;;;/h3,5,7,9,11-12H,4,6,8,10H2,1-2H3,(H,19,20);3*1-2H3;2*1H;/q;;;;;;+2/p-2. The first kappa shape index (κ1) is 31.5. The Labute approximate surface area is 207 Å². The number of benzene rings is 1. The Morgan fingerprint density at radius 1 is 1.00 bits per heavy atom. The second-order valence-corrected chi connectivity index (χ2v) is 17.7. The molecule has 6 heteroatoms. The van der Waals surface area contributed by atoms with Crippen LogP contribution in [0, 0.1) is 5.92 Å². The number of carbonyl (C=O) groups is 1. The van der Waals surface area contributed by atoms with E-state index < -0.39 is 5.97 Å². The van der Waals surface area contributed by atoms with Gasteiger partial charge in [-0.3, -0.25) is 4.79 Å². The van der Waals surface area contributed by atoms with Gasteiger partial charge in [0.25, 0.3) is 0 Å². The molecule has 2 aromatic rings. The van der Waals surface area contributed by atoms with Gasteiger partial charge in [-0.2, -0.15) is 0 Å². The molecule has 3 nitrogen and oxygen atoms in total. The molecule has 2 unspecified atom stereocenters. The molecule has 0 saturated heterocycles. The van der Waals surface area contributed by atoms with Crippen molar-refractivity contribution in [3.8, 4) is 0 Å². The fourth-order valence-electron chi connectivity index (χ4n) is 3.42. The van der Waals surface area contributed by atoms with Crippen molar-refractivity contribution in [2.45, 2.75) is 87.1 Å². The second-order valence-electron chi connectivity index (χ2n) is 5.95. The van der Waals surface area contributed by atoms with Crippen LogP contribution < -0.4 is 0 Å². The first-order valence-electron chi connectivity index (χ1n) is 10.8. The first-order valence-corrected chi connectivity index (χ1v) is 19.8. The van der Waals surface area contributed by atoms with Crippen molar-refractivity contribution >= 4 is 56.8 Å². The Morgan fingerprint density at radius 2 is 1.48 bits per heavy atom. The van der Waals surface area contributed by atoms with E-state index in [0.717, 1.165) is 12.8 Å². The minimum absolute atomic E-state index is 0.0146. The molecule has 1 aliphatic carbocycles. The van der Waals surface area contributed by atoms with E-state index in [1.165, 1.54) is 35.0 Å². The monoisotopic (exact) mass is 666 g/mol. The van der Waals surface area contributed by atoms with Gasteiger partial charge in [0.15, 0.2) is 0 Å². The number of carboxylic acid groups (broad SMARTS) is 1. The number of fused-ring (bicyclic) bond motifs is 3. The molecule has 0 amide bonds. The summed E-state index contributed by atoms with van der Waals surface area (Å²) in [4.78, 5) is 11.3. The molecule has 167 valence electrons. The van der Waals surface area contributed by atoms with E-state index in [-0.39, 0.29) is 12.0 Å². The van der Waals surface area contributed by atoms with E-state index in [4.69, 9.17) is 0 Å². The van der Waals surface area contributed by atoms with Crippen LogP contribution in [-0.4, -0.2) is 15.6 Å². The Balaban J connectivity index is 0. The summed E-state index contributed by atoms with van der Waals surface area (Å²) in [5.74, 6) is -1.10. The van der Waals surface area contributed by atoms with Gasteiger partial charge in [-0.05, 0) is 51.2 Å². The molecular weight excluding hydrogens is 627 g/mol. The third-order valence-corrected chi connectivity index (χ3v) is 4.74. The number of para-hydroxylation sites is 1. The van der Waals surface area contributed by atoms with Gasteiger partial charge in [-0.1, -0.05) is 59.7 Å². The van der Waals surface area contributed by atoms with Gasteiger partial charge in [0, 0.05) is 22.6 Å². The van der Waals surface area contributed by atoms with E-state index in [1.54, 1.807) is 6.92 Å². The average Bonchev–Trinajstić information content (AvgIpc) is 3.12. The maximum atomic E-state index is 11.3. The molecule has 0 aliphatic heterocycles. The molecule has 1 N–H and O–H groups in total. The zero-order valence-corrected chi connectivity index (χ0v) is 25.0. The van der Waals surface area contributed by atoms with Gasteiger partial charge >= 0.3 is 55.4 Å². The topological polar surface area (TPSA) is 42.2 Å². The predicted octanol–water partition coefficient (Wildman–Crippen LogP) is 8.65. The molecule has 29 heavy (non-hydrogen) atoms. The quantitative estimate of drug-likeness (QED) is 0.334. The van der Waals surface area contributed by atoms with E-state index in [2.05, 4.69) is 62.7 Å². The van der Waals surface area contributed by atoms with Crippen molar-refractivity contribution in [1.29, 1.82) is 0 Å². The molecule has 0 bridgehead atoms. The van der Waals surface area contributed by atoms with Gasteiger partial charge in [0.1, 0.15) is 0 Å². The average molecular weight is 666 g/mol. The van der Waals surface area contributed by atoms with Crippen LogP contribution in [0.15, 0.2) is 24.3 Å². The van der Waals surface area contributed by atoms with Crippen molar-refractivity contribution in [2.24, 2.45) is 5.92 Å². The molecule has 0 spiro atoms. The van der Waals surface area contributed by atoms with Gasteiger partial charge in [-0.15, -0.1) is 0 Å². The van der Waals surface area contributed by atoms with Gasteiger partial charge in [0.05, 0.1) is 5.92 Å². The van der Waals surface area contributed by atoms with Crippen LogP contribution in [0.1, 0.15) is 85.5 Å². The number of aromatic nitrogens is 1. The summed E-state index contributed by atoms with van der Waals surface area (Å²) in [5, 5.41) is 10.6. The Hall–Kier alpha value is 0.274. The van der Waals surface area contributed by atoms with E-state index >= 15 is 0 Å². The molecule has 1 aromatic carbocycles. The van der Waals surface area contributed by atoms with Crippen LogP contribution in [-0.2, 0) is 27.1 Å². The van der Waals surface area contributed by atoms with Crippen molar-refractivity contribution in [3.05, 3.63) is 35.5 Å². The molecule has 1 aromatic heterocycles. The van der Waals surface area contributed by atoms with Crippen LogP contribution in [0.4, 0.5) is 0 Å². The number of hydrogen-bond acceptors (Lipinski definition) is 1. The molecule has 2 atom stereocenters. The van der Waals surface area contributed by atoms with Crippen LogP contribution in [0.2, 0.25) is 0 Å². The number of aryl methyl sites for hydroxylation is 1. The number of nitrogens with zero attached hydrogens (tertiary/aromatic N) is 1. The number of carboxylic acids is 1. The molecule has 0 saturated carbocycles. The fourth-order valence-corrected chi connectivity index (χ4v) is 3.42. The molecule has 3 rings (SSSR count). The fraction of sp³-hybridized carbons (Fsp3) is 0.609. The van der Waals surface area contributed by atoms with E-state index in [1.807, 2.05) is 54.5 Å². The van der Waals surface area contributed by atoms with Gasteiger partial charge in [-0.25, -0.2) is 0 Å². The Bertz CT molecular complexity index is 689. The summed E-state index contributed by atoms with van der Waals surface area (Å²) in [6.45, 7) is 15.8. The van der Waals surface area contributed by atoms with Crippen LogP contribution in [0.5, 0.6) is 0 Å². The maximum absolute atomic E-state index is 11.3. The number of halogens is 2. The van der Waals surface area contributed by atoms with Gasteiger partial charge < -0.3 is 9.67 Å². The molecular formula is C23H39I2NO2V. The van der Waals surface area contributed by atoms with Crippen LogP contribution in [0.25, 0.3) is 10.9 Å². The summed E-state index contributed by atoms with van der Waals surface area (Å²) < 4.78 is 2.28. The van der Waals surface area contributed by atoms with Crippen molar-refractivity contribution < 1.29 is 19.4 Å². The minimum atomic E-state index is -0.722. The zero-order chi connectivity index (χ0) is 23.0. The molecule has 0 radical (unpaired) electrons. The third kappa shape index (κ3) is 9.12. The van der Waals surface area contributed by atoms with Crippen LogP contribution >= 0.6 is 40.0 Å². The molecule has 1 heterocycles. The van der Waals surface area contributed by atoms with Crippen molar-refractivity contribution in [1.82, 2.24) is 4.57 Å². The first-order chi connectivity index (χ1) is 14.0. The summed E-state index contributed by atoms with van der Waals surface area (Å²) in [5.41, 5.74) is 3.99. The Morgan fingerprint density at radius 3 is 2.00 bits per heavy atom. The second kappa shape index (κ2) is 19.0. The normalized spacial score (nSPS) is 13.3. The van der Waals surface area contributed by atoms with E-state index in [0.29, 0.717) is 9.47 Å². The summed E-state index contributed by atoms with van der Waals surface area (Å²) in [6.07, 6.45) is 4.64. The van der Waals surface area contributed by atoms with Crippen molar-refractivity contribution in [3.63, 3.8) is 0 Å². The molecule has 0 fully saturated rings. The third-order valence-electron chi connectivity index (χ3n) is 4.74. The molecule has 1 aliphatic rings. The SMILES string of the molecule is CC.CC.CC.CC(C(=O)O)C(C)n1c2c(c3ccccc31)CCCC2.[I][V][I]. The van der Waals surface area contributed by atoms with E-state index in [9.17, 15) is 9.90 Å². The Kier molecular flexibility index (Phi) is 20.6. The number of rotatable bonds is 3. The van der Waals surface area contributed by atoms with Crippen molar-refractivity contribution in [2.75, 3.05) is 0 Å². The van der Waals surface area contributed by atoms with Gasteiger partial charge in [0.2, 0.25) is 0 Å². The summed E-state index contributed by atoms with van der Waals surface area (Å²) in [7, 11) is 0.628. The summed E-state index contributed by atoms with van der Waals surface area (Å²) in [6, 6.07) is 8.40. The zero-order valence-electron chi connectivity index (χ0n) is 19.3. The number of aliphatic carboxylic acids is 1. The summed E-state index contributed by atoms with van der Waals surface area (Å²) >= 11 is 4.74.